The van der Waals surface area contributed by atoms with E-state index in [1.54, 1.807) is 0 Å². The lowest BCUT2D eigenvalue weighted by molar-refractivity contribution is -0.134. The fraction of sp³-hybridized carbons (Fsp3) is 0.600. The van der Waals surface area contributed by atoms with Crippen molar-refractivity contribution in [3.63, 3.8) is 0 Å². The minimum absolute atomic E-state index is 0.141. The van der Waals surface area contributed by atoms with Gasteiger partial charge in [-0.25, -0.2) is 4.99 Å². The predicted octanol–water partition coefficient (Wildman–Crippen LogP) is -0.678. The van der Waals surface area contributed by atoms with Crippen LogP contribution < -0.4 is 0 Å². The topological polar surface area (TPSA) is 58.9 Å². The zero-order valence-electron chi connectivity index (χ0n) is 5.00. The molecule has 1 atom stereocenters. The molecular weight excluding hydrogens is 122 g/mol. The Morgan fingerprint density at radius 3 is 2.78 bits per heavy atom. The molecule has 0 aromatic rings. The van der Waals surface area contributed by atoms with Crippen LogP contribution in [0.3, 0.4) is 0 Å². The maximum atomic E-state index is 10.2. The number of esters is 1. The number of aliphatic hydroxyl groups excluding tert-OH is 1. The van der Waals surface area contributed by atoms with Crippen LogP contribution in [0.1, 0.15) is 6.92 Å². The fourth-order valence-corrected chi connectivity index (χ4v) is 0.495. The number of nitrogens with zero attached hydrogens (tertiary/aromatic N) is 1. The van der Waals surface area contributed by atoms with E-state index in [9.17, 15) is 4.79 Å². The lowest BCUT2D eigenvalue weighted by Gasteiger charge is -2.17. The molecular formula is C5H7NO3. The van der Waals surface area contributed by atoms with Gasteiger partial charge in [0.15, 0.2) is 0 Å². The molecule has 1 aliphatic heterocycles. The number of carbonyl (C=O) groups excluding carboxylic acids is 1. The summed E-state index contributed by atoms with van der Waals surface area (Å²) in [6.45, 7) is 1.62. The first kappa shape index (κ1) is 6.22. The lowest BCUT2D eigenvalue weighted by atomic mass is 10.3. The Kier molecular flexibility index (Phi) is 1.48. The van der Waals surface area contributed by atoms with E-state index in [0.29, 0.717) is 6.54 Å². The standard InChI is InChI=1S/C5H7NO3/c1-3(7)9-5-4(8)2-6-5/h4,8H,2H2,1H3. The van der Waals surface area contributed by atoms with Gasteiger partial charge in [0.1, 0.15) is 6.10 Å². The highest BCUT2D eigenvalue weighted by atomic mass is 16.6. The van der Waals surface area contributed by atoms with E-state index in [0.717, 1.165) is 0 Å². The minimum Gasteiger partial charge on any atom is -0.409 e. The third-order valence-corrected chi connectivity index (χ3v) is 0.953. The van der Waals surface area contributed by atoms with Gasteiger partial charge in [-0.3, -0.25) is 4.79 Å². The van der Waals surface area contributed by atoms with Crippen molar-refractivity contribution in [2.24, 2.45) is 4.99 Å². The van der Waals surface area contributed by atoms with Crippen molar-refractivity contribution in [2.75, 3.05) is 6.54 Å². The number of aliphatic imine (C=N–C) groups is 1. The van der Waals surface area contributed by atoms with Crippen molar-refractivity contribution in [3.8, 4) is 0 Å². The summed E-state index contributed by atoms with van der Waals surface area (Å²) in [6, 6.07) is 0. The molecule has 0 fully saturated rings. The highest BCUT2D eigenvalue weighted by Gasteiger charge is 2.23. The van der Waals surface area contributed by atoms with E-state index in [-0.39, 0.29) is 5.90 Å². The Bertz CT molecular complexity index is 164. The van der Waals surface area contributed by atoms with Crippen LogP contribution in [0.5, 0.6) is 0 Å². The number of rotatable bonds is 0. The van der Waals surface area contributed by atoms with E-state index < -0.39 is 12.1 Å². The van der Waals surface area contributed by atoms with Crippen molar-refractivity contribution in [3.05, 3.63) is 0 Å². The predicted molar refractivity (Wildman–Crippen MR) is 30.1 cm³/mol. The summed E-state index contributed by atoms with van der Waals surface area (Å²) in [4.78, 5) is 13.8. The lowest BCUT2D eigenvalue weighted by Crippen LogP contribution is -2.36. The van der Waals surface area contributed by atoms with Gasteiger partial charge in [0.05, 0.1) is 6.54 Å². The molecule has 0 aliphatic carbocycles. The maximum Gasteiger partial charge on any atom is 0.309 e. The van der Waals surface area contributed by atoms with Gasteiger partial charge in [0.2, 0.25) is 5.90 Å². The SMILES string of the molecule is CC(=O)OC1=NCC1O. The number of hydrogen-bond acceptors (Lipinski definition) is 4. The smallest absolute Gasteiger partial charge is 0.309 e. The summed E-state index contributed by atoms with van der Waals surface area (Å²) in [7, 11) is 0. The van der Waals surface area contributed by atoms with Crippen LogP contribution in [-0.4, -0.2) is 29.6 Å². The number of aliphatic hydroxyl groups is 1. The Morgan fingerprint density at radius 1 is 2.00 bits per heavy atom. The van der Waals surface area contributed by atoms with Crippen molar-refractivity contribution >= 4 is 11.9 Å². The molecule has 0 radical (unpaired) electrons. The molecule has 1 aliphatic rings. The second kappa shape index (κ2) is 2.14. The first-order valence-corrected chi connectivity index (χ1v) is 2.61. The molecule has 1 unspecified atom stereocenters. The molecule has 1 heterocycles. The monoisotopic (exact) mass is 129 g/mol. The second-order valence-electron chi connectivity index (χ2n) is 1.79. The first-order valence-electron chi connectivity index (χ1n) is 2.61. The van der Waals surface area contributed by atoms with Crippen LogP contribution in [0, 0.1) is 0 Å². The molecule has 0 amide bonds. The molecule has 0 aromatic heterocycles. The zero-order valence-corrected chi connectivity index (χ0v) is 5.00. The van der Waals surface area contributed by atoms with Crippen molar-refractivity contribution < 1.29 is 14.6 Å². The van der Waals surface area contributed by atoms with Crippen molar-refractivity contribution in [1.82, 2.24) is 0 Å². The number of carbonyl (C=O) groups is 1. The Hall–Kier alpha value is -0.900. The van der Waals surface area contributed by atoms with Crippen molar-refractivity contribution in [1.29, 1.82) is 0 Å². The minimum atomic E-state index is -0.658. The Labute approximate surface area is 52.2 Å². The zero-order chi connectivity index (χ0) is 6.85. The van der Waals surface area contributed by atoms with Gasteiger partial charge in [0, 0.05) is 6.92 Å². The highest BCUT2D eigenvalue weighted by Crippen LogP contribution is 2.03. The van der Waals surface area contributed by atoms with Gasteiger partial charge in [-0.2, -0.15) is 0 Å². The summed E-state index contributed by atoms with van der Waals surface area (Å²) >= 11 is 0. The van der Waals surface area contributed by atoms with Crippen LogP contribution in [0.4, 0.5) is 0 Å². The summed E-state index contributed by atoms with van der Waals surface area (Å²) in [6.07, 6.45) is -0.658. The molecule has 50 valence electrons. The van der Waals surface area contributed by atoms with E-state index in [1.165, 1.54) is 6.92 Å². The fourth-order valence-electron chi connectivity index (χ4n) is 0.495. The number of hydrogen-bond donors (Lipinski definition) is 1. The summed E-state index contributed by atoms with van der Waals surface area (Å²) in [5.41, 5.74) is 0. The third-order valence-electron chi connectivity index (χ3n) is 0.953. The average Bonchev–Trinajstić information content (AvgIpc) is 1.79. The molecule has 0 saturated heterocycles. The largest absolute Gasteiger partial charge is 0.409 e. The summed E-state index contributed by atoms with van der Waals surface area (Å²) in [5, 5.41) is 8.75. The molecule has 0 bridgehead atoms. The van der Waals surface area contributed by atoms with E-state index >= 15 is 0 Å². The van der Waals surface area contributed by atoms with E-state index in [1.807, 2.05) is 0 Å². The average molecular weight is 129 g/mol. The molecule has 4 nitrogen and oxygen atoms in total. The summed E-state index contributed by atoms with van der Waals surface area (Å²) < 4.78 is 4.46. The van der Waals surface area contributed by atoms with Crippen LogP contribution in [-0.2, 0) is 9.53 Å². The molecule has 1 N–H and O–H groups in total. The molecule has 0 saturated carbocycles. The van der Waals surface area contributed by atoms with Gasteiger partial charge in [0.25, 0.3) is 0 Å². The Morgan fingerprint density at radius 2 is 2.67 bits per heavy atom. The quantitative estimate of drug-likeness (QED) is 0.441. The van der Waals surface area contributed by atoms with Crippen LogP contribution in [0.25, 0.3) is 0 Å². The van der Waals surface area contributed by atoms with Gasteiger partial charge in [-0.1, -0.05) is 0 Å². The third kappa shape index (κ3) is 1.26. The van der Waals surface area contributed by atoms with Crippen LogP contribution in [0.15, 0.2) is 4.99 Å². The van der Waals surface area contributed by atoms with Gasteiger partial charge >= 0.3 is 5.97 Å². The van der Waals surface area contributed by atoms with Crippen LogP contribution >= 0.6 is 0 Å². The van der Waals surface area contributed by atoms with Gasteiger partial charge < -0.3 is 9.84 Å². The number of ether oxygens (including phenoxy) is 1. The molecule has 1 rings (SSSR count). The molecule has 0 aromatic carbocycles. The maximum absolute atomic E-state index is 10.2. The molecule has 9 heavy (non-hydrogen) atoms. The van der Waals surface area contributed by atoms with E-state index in [2.05, 4.69) is 9.73 Å². The normalized spacial score (nSPS) is 24.2. The van der Waals surface area contributed by atoms with E-state index in [4.69, 9.17) is 5.11 Å². The van der Waals surface area contributed by atoms with Gasteiger partial charge in [-0.15, -0.1) is 0 Å². The molecule has 4 heteroatoms. The van der Waals surface area contributed by atoms with Gasteiger partial charge in [-0.05, 0) is 0 Å². The first-order chi connectivity index (χ1) is 4.20. The van der Waals surface area contributed by atoms with Crippen LogP contribution in [0.2, 0.25) is 0 Å². The summed E-state index contributed by atoms with van der Waals surface area (Å²) in [5.74, 6) is -0.296. The molecule has 0 spiro atoms. The van der Waals surface area contributed by atoms with Crippen molar-refractivity contribution in [2.45, 2.75) is 13.0 Å². The second-order valence-corrected chi connectivity index (χ2v) is 1.79. The highest BCUT2D eigenvalue weighted by molar-refractivity contribution is 5.93. The Balaban J connectivity index is 2.38.